The number of phosphoric acid groups is 1. The van der Waals surface area contributed by atoms with E-state index in [1.807, 2.05) is 0 Å². The molecule has 0 saturated carbocycles. The van der Waals surface area contributed by atoms with E-state index < -0.39 is 62.4 Å². The SMILES string of the molecule is CCCCCCCCCCCCCCCCCCNc1nc(=O)n(C2CC(O)C(COP(=O)(O)OCC3CCC(n4ccc(N)nc4=O)O3)O2)cc1F. The van der Waals surface area contributed by atoms with Gasteiger partial charge in [-0.05, 0) is 25.3 Å². The minimum Gasteiger partial charge on any atom is -0.390 e. The van der Waals surface area contributed by atoms with Crippen molar-refractivity contribution >= 4 is 19.5 Å². The van der Waals surface area contributed by atoms with Crippen LogP contribution in [0.5, 0.6) is 0 Å². The Morgan fingerprint density at radius 2 is 1.45 bits per heavy atom. The Morgan fingerprint density at radius 1 is 0.868 bits per heavy atom. The Hall–Kier alpha value is -2.72. The fourth-order valence-electron chi connectivity index (χ4n) is 6.73. The molecule has 2 aliphatic heterocycles. The first-order valence-corrected chi connectivity index (χ1v) is 21.0. The van der Waals surface area contributed by atoms with Crippen molar-refractivity contribution in [1.82, 2.24) is 19.1 Å². The number of rotatable bonds is 26. The number of nitrogens with zero attached hydrogens (tertiary/aromatic N) is 4. The summed E-state index contributed by atoms with van der Waals surface area (Å²) >= 11 is 0. The number of aromatic nitrogens is 4. The first kappa shape index (κ1) is 43.0. The minimum atomic E-state index is -4.60. The molecule has 4 rings (SSSR count). The van der Waals surface area contributed by atoms with Gasteiger partial charge in [0.1, 0.15) is 24.4 Å². The number of halogens is 1. The number of ether oxygens (including phenoxy) is 2. The summed E-state index contributed by atoms with van der Waals surface area (Å²) in [5, 5.41) is 13.4. The van der Waals surface area contributed by atoms with Gasteiger partial charge in [-0.2, -0.15) is 9.97 Å². The summed E-state index contributed by atoms with van der Waals surface area (Å²) in [4.78, 5) is 42.5. The number of hydrogen-bond acceptors (Lipinski definition) is 12. The molecule has 4 heterocycles. The van der Waals surface area contributed by atoms with Crippen LogP contribution in [-0.4, -0.2) is 67.2 Å². The maximum atomic E-state index is 14.9. The van der Waals surface area contributed by atoms with E-state index in [4.69, 9.17) is 24.3 Å². The van der Waals surface area contributed by atoms with Crippen LogP contribution in [0.4, 0.5) is 16.0 Å². The van der Waals surface area contributed by atoms with Crippen molar-refractivity contribution < 1.29 is 37.5 Å². The molecule has 0 aliphatic carbocycles. The van der Waals surface area contributed by atoms with Crippen LogP contribution in [0.1, 0.15) is 141 Å². The first-order chi connectivity index (χ1) is 25.6. The molecule has 2 fully saturated rings. The van der Waals surface area contributed by atoms with Crippen molar-refractivity contribution in [3.05, 3.63) is 45.2 Å². The van der Waals surface area contributed by atoms with Gasteiger partial charge in [-0.1, -0.05) is 103 Å². The summed E-state index contributed by atoms with van der Waals surface area (Å²) in [6, 6.07) is 1.47. The highest BCUT2D eigenvalue weighted by atomic mass is 31.2. The van der Waals surface area contributed by atoms with Gasteiger partial charge in [-0.3, -0.25) is 18.2 Å². The molecule has 0 bridgehead atoms. The van der Waals surface area contributed by atoms with Gasteiger partial charge < -0.3 is 30.5 Å². The van der Waals surface area contributed by atoms with E-state index in [1.54, 1.807) is 0 Å². The maximum Gasteiger partial charge on any atom is 0.472 e. The van der Waals surface area contributed by atoms with Crippen molar-refractivity contribution in [3.8, 4) is 0 Å². The van der Waals surface area contributed by atoms with Gasteiger partial charge in [-0.25, -0.2) is 18.5 Å². The van der Waals surface area contributed by atoms with Crippen molar-refractivity contribution in [3.63, 3.8) is 0 Å². The topological polar surface area (TPSA) is 202 Å². The van der Waals surface area contributed by atoms with Crippen LogP contribution in [0, 0.1) is 5.82 Å². The van der Waals surface area contributed by atoms with Crippen molar-refractivity contribution in [2.45, 2.75) is 160 Å². The minimum absolute atomic E-state index is 0.0855. The number of phosphoric ester groups is 1. The standard InChI is InChI=1S/C36H60FN6O9P/c1-2-3-4-5-6-7-8-9-10-11-12-13-14-15-16-17-21-39-34-28(37)24-43(36(46)41-34)33-23-29(44)30(52-33)26-50-53(47,48)49-25-27-18-19-32(51-27)42-22-20-31(38)40-35(42)45/h20,22,24,27,29-30,32-33,44H,2-19,21,23,25-26H2,1H3,(H,47,48)(H2,38,40,45)(H,39,41,46). The highest BCUT2D eigenvalue weighted by Gasteiger charge is 2.38. The fourth-order valence-corrected chi connectivity index (χ4v) is 7.50. The zero-order valence-electron chi connectivity index (χ0n) is 31.1. The monoisotopic (exact) mass is 770 g/mol. The smallest absolute Gasteiger partial charge is 0.390 e. The Bertz CT molecular complexity index is 1550. The van der Waals surface area contributed by atoms with Crippen molar-refractivity contribution in [2.24, 2.45) is 0 Å². The molecule has 0 radical (unpaired) electrons. The number of unbranched alkanes of at least 4 members (excludes halogenated alkanes) is 15. The second-order valence-corrected chi connectivity index (χ2v) is 15.6. The van der Waals surface area contributed by atoms with E-state index in [2.05, 4.69) is 22.2 Å². The van der Waals surface area contributed by atoms with Gasteiger partial charge in [0.25, 0.3) is 0 Å². The molecule has 17 heteroatoms. The molecule has 300 valence electrons. The molecule has 2 aliphatic rings. The normalized spacial score (nSPS) is 22.7. The summed E-state index contributed by atoms with van der Waals surface area (Å²) in [6.45, 7) is 1.91. The Labute approximate surface area is 311 Å². The summed E-state index contributed by atoms with van der Waals surface area (Å²) < 4.78 is 51.3. The fraction of sp³-hybridized carbons (Fsp3) is 0.778. The van der Waals surface area contributed by atoms with Crippen LogP contribution >= 0.6 is 7.82 Å². The Balaban J connectivity index is 1.07. The van der Waals surface area contributed by atoms with Crippen LogP contribution in [0.25, 0.3) is 0 Å². The zero-order chi connectivity index (χ0) is 38.1. The lowest BCUT2D eigenvalue weighted by Crippen LogP contribution is -2.29. The summed E-state index contributed by atoms with van der Waals surface area (Å²) in [5.74, 6) is -0.790. The molecule has 2 aromatic rings. The third-order valence-corrected chi connectivity index (χ3v) is 10.8. The number of nitrogens with one attached hydrogen (secondary N) is 1. The van der Waals surface area contributed by atoms with Gasteiger partial charge in [-0.15, -0.1) is 0 Å². The molecular formula is C36H60FN6O9P. The number of anilines is 2. The number of aliphatic hydroxyl groups excluding tert-OH is 1. The van der Waals surface area contributed by atoms with Gasteiger partial charge in [0, 0.05) is 19.2 Å². The molecule has 53 heavy (non-hydrogen) atoms. The lowest BCUT2D eigenvalue weighted by Gasteiger charge is -2.20. The second-order valence-electron chi connectivity index (χ2n) is 14.2. The predicted molar refractivity (Wildman–Crippen MR) is 199 cm³/mol. The average Bonchev–Trinajstić information content (AvgIpc) is 3.75. The molecule has 2 aromatic heterocycles. The zero-order valence-corrected chi connectivity index (χ0v) is 32.0. The Kier molecular flexibility index (Phi) is 18.3. The first-order valence-electron chi connectivity index (χ1n) is 19.5. The summed E-state index contributed by atoms with van der Waals surface area (Å²) in [5.41, 5.74) is 4.19. The maximum absolute atomic E-state index is 14.9. The molecule has 6 unspecified atom stereocenters. The molecule has 6 atom stereocenters. The second kappa shape index (κ2) is 22.6. The third kappa shape index (κ3) is 14.8. The lowest BCUT2D eigenvalue weighted by molar-refractivity contribution is -0.0516. The number of nitrogens with two attached hydrogens (primary N) is 1. The molecule has 0 amide bonds. The van der Waals surface area contributed by atoms with E-state index >= 15 is 0 Å². The molecule has 15 nitrogen and oxygen atoms in total. The largest absolute Gasteiger partial charge is 0.472 e. The molecule has 0 spiro atoms. The van der Waals surface area contributed by atoms with E-state index in [1.165, 1.54) is 100 Å². The van der Waals surface area contributed by atoms with E-state index in [-0.39, 0.29) is 24.7 Å². The van der Waals surface area contributed by atoms with Gasteiger partial charge in [0.15, 0.2) is 11.6 Å². The predicted octanol–water partition coefficient (Wildman–Crippen LogP) is 6.35. The van der Waals surface area contributed by atoms with E-state index in [9.17, 15) is 28.5 Å². The van der Waals surface area contributed by atoms with Gasteiger partial charge in [0.2, 0.25) is 0 Å². The summed E-state index contributed by atoms with van der Waals surface area (Å²) in [7, 11) is -4.60. The van der Waals surface area contributed by atoms with Crippen LogP contribution in [0.3, 0.4) is 0 Å². The highest BCUT2D eigenvalue weighted by molar-refractivity contribution is 7.47. The molecule has 5 N–H and O–H groups in total. The van der Waals surface area contributed by atoms with Crippen molar-refractivity contribution in [1.29, 1.82) is 0 Å². The molecular weight excluding hydrogens is 710 g/mol. The van der Waals surface area contributed by atoms with E-state index in [0.29, 0.717) is 19.4 Å². The number of aliphatic hydroxyl groups is 1. The number of hydrogen-bond donors (Lipinski definition) is 4. The average molecular weight is 771 g/mol. The lowest BCUT2D eigenvalue weighted by atomic mass is 10.0. The molecule has 0 aromatic carbocycles. The van der Waals surface area contributed by atoms with Gasteiger partial charge >= 0.3 is 19.2 Å². The highest BCUT2D eigenvalue weighted by Crippen LogP contribution is 2.45. The van der Waals surface area contributed by atoms with Crippen LogP contribution in [0.15, 0.2) is 28.0 Å². The van der Waals surface area contributed by atoms with E-state index in [0.717, 1.165) is 30.0 Å². The van der Waals surface area contributed by atoms with Crippen LogP contribution < -0.4 is 22.4 Å². The van der Waals surface area contributed by atoms with Gasteiger partial charge in [0.05, 0.1) is 31.6 Å². The third-order valence-electron chi connectivity index (χ3n) is 9.82. The summed E-state index contributed by atoms with van der Waals surface area (Å²) in [6.07, 6.45) is 18.9. The molecule has 2 saturated heterocycles. The Morgan fingerprint density at radius 3 is 2.08 bits per heavy atom. The van der Waals surface area contributed by atoms with Crippen LogP contribution in [0.2, 0.25) is 0 Å². The van der Waals surface area contributed by atoms with Crippen LogP contribution in [-0.2, 0) is 23.1 Å². The number of nitrogen functional groups attached to an aromatic ring is 1. The van der Waals surface area contributed by atoms with Crippen molar-refractivity contribution in [2.75, 3.05) is 30.8 Å². The quantitative estimate of drug-likeness (QED) is 0.0609.